The van der Waals surface area contributed by atoms with Crippen LogP contribution in [0.5, 0.6) is 0 Å². The highest BCUT2D eigenvalue weighted by Gasteiger charge is 2.53. The smallest absolute Gasteiger partial charge is 0.328 e. The van der Waals surface area contributed by atoms with Gasteiger partial charge in [0.1, 0.15) is 11.6 Å². The first-order valence-corrected chi connectivity index (χ1v) is 15.8. The van der Waals surface area contributed by atoms with E-state index in [9.17, 15) is 29.1 Å². The number of carbonyl (C=O) groups excluding carboxylic acids is 4. The molecule has 1 spiro atoms. The van der Waals surface area contributed by atoms with E-state index in [1.807, 2.05) is 60.7 Å². The molecule has 3 aliphatic heterocycles. The molecule has 1 unspecified atom stereocenters. The number of carboxylic acids is 1. The van der Waals surface area contributed by atoms with E-state index in [-0.39, 0.29) is 18.4 Å². The number of amides is 6. The lowest BCUT2D eigenvalue weighted by Crippen LogP contribution is -2.60. The zero-order chi connectivity index (χ0) is 32.9. The Labute approximate surface area is 268 Å². The summed E-state index contributed by atoms with van der Waals surface area (Å²) in [5, 5.41) is 18.2. The quantitative estimate of drug-likeness (QED) is 0.347. The number of piperidine rings is 2. The van der Waals surface area contributed by atoms with Crippen molar-refractivity contribution < 1.29 is 29.1 Å². The first kappa shape index (κ1) is 32.6. The molecule has 3 fully saturated rings. The lowest BCUT2D eigenvalue weighted by molar-refractivity contribution is -0.139. The summed E-state index contributed by atoms with van der Waals surface area (Å²) in [6.07, 6.45) is 2.17. The van der Waals surface area contributed by atoms with Gasteiger partial charge in [-0.25, -0.2) is 14.4 Å². The summed E-state index contributed by atoms with van der Waals surface area (Å²) in [6.45, 7) is 3.23. The van der Waals surface area contributed by atoms with Crippen molar-refractivity contribution in [2.24, 2.45) is 0 Å². The van der Waals surface area contributed by atoms with Crippen molar-refractivity contribution in [3.05, 3.63) is 66.2 Å². The van der Waals surface area contributed by atoms with Gasteiger partial charge in [-0.2, -0.15) is 0 Å². The van der Waals surface area contributed by atoms with Crippen molar-refractivity contribution in [3.63, 3.8) is 0 Å². The summed E-state index contributed by atoms with van der Waals surface area (Å²) < 4.78 is 0. The van der Waals surface area contributed by atoms with Gasteiger partial charge in [0.2, 0.25) is 11.8 Å². The van der Waals surface area contributed by atoms with Gasteiger partial charge in [0.25, 0.3) is 0 Å². The number of hydrogen-bond donors (Lipinski definition) is 4. The van der Waals surface area contributed by atoms with Crippen LogP contribution in [0.3, 0.4) is 0 Å². The Morgan fingerprint density at radius 3 is 2.00 bits per heavy atom. The van der Waals surface area contributed by atoms with Gasteiger partial charge in [-0.05, 0) is 43.4 Å². The highest BCUT2D eigenvalue weighted by atomic mass is 16.4. The minimum absolute atomic E-state index is 0.0246. The number of aliphatic carboxylic acids is 1. The Balaban J connectivity index is 1.14. The van der Waals surface area contributed by atoms with Gasteiger partial charge in [-0.15, -0.1) is 0 Å². The number of benzene rings is 2. The maximum atomic E-state index is 13.3. The Hall–Kier alpha value is -4.81. The molecule has 0 radical (unpaired) electrons. The van der Waals surface area contributed by atoms with Gasteiger partial charge in [0.05, 0.1) is 18.8 Å². The summed E-state index contributed by atoms with van der Waals surface area (Å²) in [5.41, 5.74) is 0.553. The van der Waals surface area contributed by atoms with Crippen molar-refractivity contribution in [2.75, 3.05) is 51.3 Å². The number of likely N-dealkylation sites (N-methyl/N-ethyl adjacent to an activating group) is 1. The molecule has 2 aromatic rings. The maximum Gasteiger partial charge on any atom is 0.328 e. The summed E-state index contributed by atoms with van der Waals surface area (Å²) in [7, 11) is 1.78. The van der Waals surface area contributed by atoms with Crippen LogP contribution in [0.25, 0.3) is 0 Å². The summed E-state index contributed by atoms with van der Waals surface area (Å²) in [5.74, 6) is -1.32. The third-order valence-electron chi connectivity index (χ3n) is 9.54. The van der Waals surface area contributed by atoms with E-state index in [0.29, 0.717) is 65.0 Å². The van der Waals surface area contributed by atoms with E-state index >= 15 is 0 Å². The number of hydrogen-bond acceptors (Lipinski definition) is 6. The van der Waals surface area contributed by atoms with E-state index in [2.05, 4.69) is 20.9 Å². The lowest BCUT2D eigenvalue weighted by atomic mass is 9.80. The molecule has 0 saturated carbocycles. The van der Waals surface area contributed by atoms with E-state index in [0.717, 1.165) is 11.3 Å². The molecule has 4 N–H and O–H groups in total. The van der Waals surface area contributed by atoms with Crippen molar-refractivity contribution in [3.8, 4) is 0 Å². The van der Waals surface area contributed by atoms with Gasteiger partial charge in [0.15, 0.2) is 0 Å². The molecule has 2 aromatic carbocycles. The topological polar surface area (TPSA) is 155 Å². The zero-order valence-electron chi connectivity index (χ0n) is 26.4. The predicted molar refractivity (Wildman–Crippen MR) is 171 cm³/mol. The second kappa shape index (κ2) is 13.7. The van der Waals surface area contributed by atoms with Crippen LogP contribution in [0.4, 0.5) is 15.3 Å². The molecule has 246 valence electrons. The standard InChI is InChI=1S/C33H43N7O6/c1-3-27(41)36-32(24-10-6-4-7-11-24)14-18-39(19-15-32)31(46)35-26(28(42)43)22-34-30(45)38-20-16-33(17-21-38)29(44)37(2)23-40(33)25-12-8-5-9-13-25/h4-13,26H,3,14-23H2,1-2H3,(H,34,45)(H,35,46)(H,36,41)(H,42,43). The third kappa shape index (κ3) is 6.58. The van der Waals surface area contributed by atoms with Crippen molar-refractivity contribution in [1.82, 2.24) is 30.7 Å². The average Bonchev–Trinajstić information content (AvgIpc) is 3.32. The van der Waals surface area contributed by atoms with Crippen molar-refractivity contribution in [2.45, 2.75) is 56.1 Å². The number of nitrogens with one attached hydrogen (secondary N) is 3. The molecular weight excluding hydrogens is 590 g/mol. The number of anilines is 1. The summed E-state index contributed by atoms with van der Waals surface area (Å²) in [6, 6.07) is 17.0. The molecule has 3 saturated heterocycles. The van der Waals surface area contributed by atoms with E-state index < -0.39 is 35.2 Å². The van der Waals surface area contributed by atoms with Crippen LogP contribution in [0.1, 0.15) is 44.6 Å². The normalized spacial score (nSPS) is 19.5. The Kier molecular flexibility index (Phi) is 9.68. The summed E-state index contributed by atoms with van der Waals surface area (Å²) in [4.78, 5) is 70.9. The van der Waals surface area contributed by atoms with Crippen LogP contribution in [0.15, 0.2) is 60.7 Å². The third-order valence-corrected chi connectivity index (χ3v) is 9.54. The molecule has 6 amide bonds. The Morgan fingerprint density at radius 2 is 1.41 bits per heavy atom. The summed E-state index contributed by atoms with van der Waals surface area (Å²) >= 11 is 0. The first-order valence-electron chi connectivity index (χ1n) is 15.8. The average molecular weight is 634 g/mol. The van der Waals surface area contributed by atoms with Gasteiger partial charge in [0, 0.05) is 45.3 Å². The number of para-hydroxylation sites is 1. The molecule has 3 aliphatic rings. The molecule has 46 heavy (non-hydrogen) atoms. The van der Waals surface area contributed by atoms with Gasteiger partial charge < -0.3 is 40.7 Å². The number of likely N-dealkylation sites (tertiary alicyclic amines) is 2. The van der Waals surface area contributed by atoms with Gasteiger partial charge in [-0.3, -0.25) is 9.59 Å². The van der Waals surface area contributed by atoms with Gasteiger partial charge >= 0.3 is 18.0 Å². The van der Waals surface area contributed by atoms with Crippen LogP contribution in [0, 0.1) is 0 Å². The fraction of sp³-hybridized carbons (Fsp3) is 0.485. The predicted octanol–water partition coefficient (Wildman–Crippen LogP) is 2.15. The van der Waals surface area contributed by atoms with Crippen molar-refractivity contribution in [1.29, 1.82) is 0 Å². The van der Waals surface area contributed by atoms with E-state index in [4.69, 9.17) is 0 Å². The monoisotopic (exact) mass is 633 g/mol. The molecule has 3 heterocycles. The SMILES string of the molecule is CCC(=O)NC1(c2ccccc2)CCN(C(=O)NC(CNC(=O)N2CCC3(CC2)C(=O)N(C)CN3c2ccccc2)C(=O)O)CC1. The number of nitrogens with zero attached hydrogens (tertiary/aromatic N) is 4. The first-order chi connectivity index (χ1) is 22.1. The molecule has 13 heteroatoms. The molecule has 0 aliphatic carbocycles. The highest BCUT2D eigenvalue weighted by Crippen LogP contribution is 2.39. The highest BCUT2D eigenvalue weighted by molar-refractivity contribution is 5.93. The molecule has 5 rings (SSSR count). The number of carbonyl (C=O) groups is 5. The fourth-order valence-corrected chi connectivity index (χ4v) is 6.81. The molecule has 0 bridgehead atoms. The van der Waals surface area contributed by atoms with Crippen molar-refractivity contribution >= 4 is 35.5 Å². The number of urea groups is 2. The lowest BCUT2D eigenvalue weighted by Gasteiger charge is -2.43. The Bertz CT molecular complexity index is 1420. The molecular formula is C33H43N7O6. The minimum atomic E-state index is -1.34. The second-order valence-corrected chi connectivity index (χ2v) is 12.3. The van der Waals surface area contributed by atoms with Crippen LogP contribution in [0.2, 0.25) is 0 Å². The zero-order valence-corrected chi connectivity index (χ0v) is 26.4. The van der Waals surface area contributed by atoms with E-state index in [1.165, 1.54) is 4.90 Å². The largest absolute Gasteiger partial charge is 0.480 e. The molecule has 13 nitrogen and oxygen atoms in total. The van der Waals surface area contributed by atoms with Crippen LogP contribution in [-0.4, -0.2) is 108 Å². The number of carboxylic acid groups (broad SMARTS) is 1. The minimum Gasteiger partial charge on any atom is -0.480 e. The number of rotatable bonds is 8. The maximum absolute atomic E-state index is 13.3. The fourth-order valence-electron chi connectivity index (χ4n) is 6.81. The van der Waals surface area contributed by atoms with E-state index in [1.54, 1.807) is 23.8 Å². The van der Waals surface area contributed by atoms with Crippen LogP contribution >= 0.6 is 0 Å². The second-order valence-electron chi connectivity index (χ2n) is 12.3. The molecule has 1 atom stereocenters. The van der Waals surface area contributed by atoms with Gasteiger partial charge in [-0.1, -0.05) is 55.5 Å². The Morgan fingerprint density at radius 1 is 0.848 bits per heavy atom. The van der Waals surface area contributed by atoms with Crippen LogP contribution in [-0.2, 0) is 19.9 Å². The van der Waals surface area contributed by atoms with Crippen LogP contribution < -0.4 is 20.9 Å². The molecule has 0 aromatic heterocycles.